The normalized spacial score (nSPS) is 11.0. The molecule has 0 atom stereocenters. The third kappa shape index (κ3) is 3.63. The predicted octanol–water partition coefficient (Wildman–Crippen LogP) is 3.63. The molecule has 0 saturated heterocycles. The molecule has 0 saturated carbocycles. The van der Waals surface area contributed by atoms with Crippen molar-refractivity contribution < 1.29 is 9.90 Å². The number of phenolic OH excluding ortho intramolecular Hbond substituents is 1. The number of aromatic hydroxyl groups is 1. The standard InChI is InChI=1S/C16H14Cl2N4O2S/c1-2-20-13(24)4-7-3-9-14(21-16(19)22-15(9)25-7)8-5-12(23)11(18)6-10(8)17/h3,5-6,23H,2,4H2,1H3,(H,20,24)(H2,19,21,22). The van der Waals surface area contributed by atoms with E-state index in [9.17, 15) is 9.90 Å². The summed E-state index contributed by atoms with van der Waals surface area (Å²) in [5.41, 5.74) is 6.79. The van der Waals surface area contributed by atoms with E-state index in [1.54, 1.807) is 0 Å². The Morgan fingerprint density at radius 1 is 1.28 bits per heavy atom. The number of nitrogens with two attached hydrogens (primary N) is 1. The number of thiophene rings is 1. The van der Waals surface area contributed by atoms with Crippen LogP contribution < -0.4 is 11.1 Å². The number of nitrogen functional groups attached to an aromatic ring is 1. The van der Waals surface area contributed by atoms with E-state index in [-0.39, 0.29) is 29.0 Å². The first-order valence-electron chi connectivity index (χ1n) is 7.40. The Kier molecular flexibility index (Phi) is 4.99. The number of halogens is 2. The number of hydrogen-bond donors (Lipinski definition) is 3. The fourth-order valence-electron chi connectivity index (χ4n) is 2.42. The van der Waals surface area contributed by atoms with Gasteiger partial charge in [-0.1, -0.05) is 23.2 Å². The molecule has 9 heteroatoms. The maximum atomic E-state index is 11.8. The first-order chi connectivity index (χ1) is 11.9. The van der Waals surface area contributed by atoms with Crippen molar-refractivity contribution in [2.45, 2.75) is 13.3 Å². The Bertz CT molecular complexity index is 974. The number of anilines is 1. The van der Waals surface area contributed by atoms with Crippen molar-refractivity contribution in [1.29, 1.82) is 0 Å². The van der Waals surface area contributed by atoms with Crippen LogP contribution in [0.5, 0.6) is 5.75 Å². The van der Waals surface area contributed by atoms with E-state index in [0.717, 1.165) is 4.88 Å². The van der Waals surface area contributed by atoms with Crippen LogP contribution in [-0.4, -0.2) is 27.5 Å². The summed E-state index contributed by atoms with van der Waals surface area (Å²) in [6, 6.07) is 4.72. The van der Waals surface area contributed by atoms with Crippen LogP contribution in [0.3, 0.4) is 0 Å². The number of rotatable bonds is 4. The van der Waals surface area contributed by atoms with Gasteiger partial charge in [0.15, 0.2) is 0 Å². The molecule has 3 rings (SSSR count). The van der Waals surface area contributed by atoms with Gasteiger partial charge in [0.05, 0.1) is 22.2 Å². The molecule has 0 fully saturated rings. The average Bonchev–Trinajstić information content (AvgIpc) is 2.92. The van der Waals surface area contributed by atoms with Crippen molar-refractivity contribution >= 4 is 56.6 Å². The number of nitrogens with one attached hydrogen (secondary N) is 1. The van der Waals surface area contributed by atoms with Crippen LogP contribution in [0.4, 0.5) is 5.95 Å². The summed E-state index contributed by atoms with van der Waals surface area (Å²) in [4.78, 5) is 21.8. The second kappa shape index (κ2) is 7.03. The number of benzene rings is 1. The molecule has 1 amide bonds. The molecule has 0 aliphatic rings. The third-order valence-electron chi connectivity index (χ3n) is 3.46. The van der Waals surface area contributed by atoms with Crippen molar-refractivity contribution in [3.63, 3.8) is 0 Å². The molecule has 0 spiro atoms. The number of carbonyl (C=O) groups excluding carboxylic acids is 1. The van der Waals surface area contributed by atoms with Crippen LogP contribution in [0.25, 0.3) is 21.5 Å². The van der Waals surface area contributed by atoms with E-state index in [2.05, 4.69) is 15.3 Å². The van der Waals surface area contributed by atoms with Gasteiger partial charge in [0, 0.05) is 22.4 Å². The molecule has 0 aliphatic heterocycles. The number of amides is 1. The van der Waals surface area contributed by atoms with Gasteiger partial charge in [0.2, 0.25) is 11.9 Å². The van der Waals surface area contributed by atoms with Gasteiger partial charge in [-0.3, -0.25) is 4.79 Å². The molecule has 0 bridgehead atoms. The van der Waals surface area contributed by atoms with Gasteiger partial charge >= 0.3 is 0 Å². The third-order valence-corrected chi connectivity index (χ3v) is 5.11. The topological polar surface area (TPSA) is 101 Å². The molecule has 2 aromatic heterocycles. The minimum Gasteiger partial charge on any atom is -0.506 e. The van der Waals surface area contributed by atoms with Gasteiger partial charge in [-0.2, -0.15) is 0 Å². The lowest BCUT2D eigenvalue weighted by molar-refractivity contribution is -0.120. The van der Waals surface area contributed by atoms with Crippen LogP contribution in [0, 0.1) is 0 Å². The van der Waals surface area contributed by atoms with Gasteiger partial charge in [0.1, 0.15) is 10.6 Å². The molecule has 130 valence electrons. The smallest absolute Gasteiger partial charge is 0.225 e. The molecule has 0 unspecified atom stereocenters. The number of hydrogen-bond acceptors (Lipinski definition) is 6. The van der Waals surface area contributed by atoms with E-state index in [4.69, 9.17) is 28.9 Å². The lowest BCUT2D eigenvalue weighted by atomic mass is 10.1. The SMILES string of the molecule is CCNC(=O)Cc1cc2c(-c3cc(O)c(Cl)cc3Cl)nc(N)nc2s1. The Balaban J connectivity index is 2.14. The van der Waals surface area contributed by atoms with E-state index >= 15 is 0 Å². The molecule has 6 nitrogen and oxygen atoms in total. The number of nitrogens with zero attached hydrogens (tertiary/aromatic N) is 2. The first-order valence-corrected chi connectivity index (χ1v) is 8.97. The van der Waals surface area contributed by atoms with Crippen molar-refractivity contribution in [2.24, 2.45) is 0 Å². The molecule has 0 radical (unpaired) electrons. The summed E-state index contributed by atoms with van der Waals surface area (Å²) in [6.07, 6.45) is 0.244. The minimum absolute atomic E-state index is 0.0706. The Hall–Kier alpha value is -2.09. The van der Waals surface area contributed by atoms with Crippen LogP contribution in [0.15, 0.2) is 18.2 Å². The Labute approximate surface area is 157 Å². The Morgan fingerprint density at radius 2 is 2.04 bits per heavy atom. The summed E-state index contributed by atoms with van der Waals surface area (Å²) >= 11 is 13.5. The number of fused-ring (bicyclic) bond motifs is 1. The summed E-state index contributed by atoms with van der Waals surface area (Å²) < 4.78 is 0. The number of phenols is 1. The van der Waals surface area contributed by atoms with E-state index < -0.39 is 0 Å². The van der Waals surface area contributed by atoms with Crippen LogP contribution >= 0.6 is 34.5 Å². The molecule has 0 aliphatic carbocycles. The lowest BCUT2D eigenvalue weighted by Gasteiger charge is -2.08. The van der Waals surface area contributed by atoms with Gasteiger partial charge in [0.25, 0.3) is 0 Å². The summed E-state index contributed by atoms with van der Waals surface area (Å²) in [6.45, 7) is 2.43. The second-order valence-electron chi connectivity index (χ2n) is 5.28. The summed E-state index contributed by atoms with van der Waals surface area (Å²) in [5.74, 6) is -0.0951. The lowest BCUT2D eigenvalue weighted by Crippen LogP contribution is -2.23. The maximum absolute atomic E-state index is 11.8. The van der Waals surface area contributed by atoms with Gasteiger partial charge < -0.3 is 16.2 Å². The fourth-order valence-corrected chi connectivity index (χ4v) is 3.92. The van der Waals surface area contributed by atoms with Crippen molar-refractivity contribution in [2.75, 3.05) is 12.3 Å². The van der Waals surface area contributed by atoms with Crippen LogP contribution in [0.2, 0.25) is 10.0 Å². The first kappa shape index (κ1) is 17.7. The zero-order valence-corrected chi connectivity index (χ0v) is 15.5. The molecular weight excluding hydrogens is 383 g/mol. The molecule has 1 aromatic carbocycles. The van der Waals surface area contributed by atoms with E-state index in [1.165, 1.54) is 23.5 Å². The summed E-state index contributed by atoms with van der Waals surface area (Å²) in [7, 11) is 0. The van der Waals surface area contributed by atoms with Gasteiger partial charge in [-0.05, 0) is 25.1 Å². The quantitative estimate of drug-likeness (QED) is 0.624. The summed E-state index contributed by atoms with van der Waals surface area (Å²) in [5, 5.41) is 13.8. The molecule has 2 heterocycles. The van der Waals surface area contributed by atoms with E-state index in [0.29, 0.717) is 33.0 Å². The number of carbonyl (C=O) groups is 1. The Morgan fingerprint density at radius 3 is 2.76 bits per heavy atom. The predicted molar refractivity (Wildman–Crippen MR) is 101 cm³/mol. The fraction of sp³-hybridized carbons (Fsp3) is 0.188. The highest BCUT2D eigenvalue weighted by atomic mass is 35.5. The molecular formula is C16H14Cl2N4O2S. The average molecular weight is 397 g/mol. The van der Waals surface area contributed by atoms with Crippen LogP contribution in [-0.2, 0) is 11.2 Å². The second-order valence-corrected chi connectivity index (χ2v) is 7.21. The van der Waals surface area contributed by atoms with E-state index in [1.807, 2.05) is 13.0 Å². The minimum atomic E-state index is -0.107. The molecule has 3 aromatic rings. The van der Waals surface area contributed by atoms with Gasteiger partial charge in [-0.15, -0.1) is 11.3 Å². The largest absolute Gasteiger partial charge is 0.506 e. The maximum Gasteiger partial charge on any atom is 0.225 e. The van der Waals surface area contributed by atoms with Crippen molar-refractivity contribution in [3.05, 3.63) is 33.1 Å². The number of likely N-dealkylation sites (N-methyl/N-ethyl adjacent to an activating group) is 1. The monoisotopic (exact) mass is 396 g/mol. The number of aromatic nitrogens is 2. The molecule has 25 heavy (non-hydrogen) atoms. The highest BCUT2D eigenvalue weighted by molar-refractivity contribution is 7.18. The van der Waals surface area contributed by atoms with Gasteiger partial charge in [-0.25, -0.2) is 9.97 Å². The van der Waals surface area contributed by atoms with Crippen molar-refractivity contribution in [3.8, 4) is 17.0 Å². The zero-order valence-electron chi connectivity index (χ0n) is 13.1. The molecule has 4 N–H and O–H groups in total. The van der Waals surface area contributed by atoms with Crippen molar-refractivity contribution in [1.82, 2.24) is 15.3 Å². The van der Waals surface area contributed by atoms with Crippen LogP contribution in [0.1, 0.15) is 11.8 Å². The highest BCUT2D eigenvalue weighted by Gasteiger charge is 2.17. The highest BCUT2D eigenvalue weighted by Crippen LogP contribution is 2.39. The zero-order chi connectivity index (χ0) is 18.1.